The molecule has 0 bridgehead atoms. The first-order chi connectivity index (χ1) is 15.9. The molecule has 8 nitrogen and oxygen atoms in total. The smallest absolute Gasteiger partial charge is 0.272 e. The molecule has 11 heteroatoms. The van der Waals surface area contributed by atoms with Crippen LogP contribution in [-0.2, 0) is 5.60 Å². The molecule has 0 aliphatic carbocycles. The lowest BCUT2D eigenvalue weighted by Crippen LogP contribution is -2.30. The summed E-state index contributed by atoms with van der Waals surface area (Å²) in [5.41, 5.74) is 3.81. The summed E-state index contributed by atoms with van der Waals surface area (Å²) < 4.78 is 29.6. The molecule has 0 atom stereocenters. The lowest BCUT2D eigenvalue weighted by Gasteiger charge is -2.18. The number of rotatable bonds is 8. The minimum atomic E-state index is -1.44. The molecule has 3 aromatic rings. The Kier molecular flexibility index (Phi) is 7.29. The number of carbonyl (C=O) groups excluding carboxylic acids is 2. The molecule has 1 aromatic carbocycles. The van der Waals surface area contributed by atoms with E-state index in [0.29, 0.717) is 0 Å². The quantitative estimate of drug-likeness (QED) is 0.384. The average molecular weight is 491 g/mol. The highest BCUT2D eigenvalue weighted by molar-refractivity contribution is 7.20. The summed E-state index contributed by atoms with van der Waals surface area (Å²) in [5, 5.41) is 22.2. The number of halogens is 2. The third-order valence-electron chi connectivity index (χ3n) is 4.98. The minimum Gasteiger partial charge on any atom is -0.395 e. The summed E-state index contributed by atoms with van der Waals surface area (Å²) in [4.78, 5) is 30.1. The van der Waals surface area contributed by atoms with Crippen LogP contribution in [0.5, 0.6) is 0 Å². The van der Waals surface area contributed by atoms with Crippen molar-refractivity contribution in [2.45, 2.75) is 19.4 Å². The Labute approximate surface area is 198 Å². The van der Waals surface area contributed by atoms with E-state index in [4.69, 9.17) is 10.8 Å². The number of amides is 2. The summed E-state index contributed by atoms with van der Waals surface area (Å²) in [6.45, 7) is 2.74. The van der Waals surface area contributed by atoms with Crippen molar-refractivity contribution in [3.8, 4) is 10.4 Å². The van der Waals surface area contributed by atoms with Gasteiger partial charge in [0.1, 0.15) is 28.1 Å². The predicted octanol–water partition coefficient (Wildman–Crippen LogP) is 3.22. The number of benzene rings is 1. The molecule has 0 unspecified atom stereocenters. The van der Waals surface area contributed by atoms with Crippen molar-refractivity contribution in [3.63, 3.8) is 0 Å². The number of nitrogens with one attached hydrogen (secondary N) is 1. The Morgan fingerprint density at radius 3 is 2.41 bits per heavy atom. The highest BCUT2D eigenvalue weighted by Gasteiger charge is 2.24. The van der Waals surface area contributed by atoms with Crippen LogP contribution in [-0.4, -0.2) is 52.1 Å². The van der Waals surface area contributed by atoms with Crippen LogP contribution in [0.2, 0.25) is 0 Å². The molecule has 0 spiro atoms. The van der Waals surface area contributed by atoms with Crippen LogP contribution >= 0.6 is 11.3 Å². The number of carbonyl (C=O) groups is 2. The van der Waals surface area contributed by atoms with Crippen LogP contribution in [0, 0.1) is 11.6 Å². The van der Waals surface area contributed by atoms with E-state index in [0.717, 1.165) is 23.5 Å². The molecule has 0 radical (unpaired) electrons. The number of hydrogen-bond donors (Lipinski definition) is 4. The molecule has 5 N–H and O–H groups in total. The van der Waals surface area contributed by atoms with Gasteiger partial charge in [0.15, 0.2) is 0 Å². The van der Waals surface area contributed by atoms with E-state index < -0.39 is 29.0 Å². The standard InChI is InChI=1S/C23H24F2N4O4S/c1-23(2,33)12-9-14(24)19(15(25)10-12)17-11-13(20(26)31)21(34-17)28-18-6-4-5-16(27-18)22(32)29(3)7-8-30/h4-6,9-11,30,33H,7-8H2,1-3H3,(H2,26,31)(H,27,28). The number of pyridine rings is 1. The number of likely N-dealkylation sites (N-methyl/N-ethyl adjacent to an activating group) is 1. The van der Waals surface area contributed by atoms with Gasteiger partial charge in [-0.25, -0.2) is 13.8 Å². The summed E-state index contributed by atoms with van der Waals surface area (Å²) in [6.07, 6.45) is 0. The topological polar surface area (TPSA) is 129 Å². The molecule has 2 amide bonds. The zero-order valence-corrected chi connectivity index (χ0v) is 19.5. The van der Waals surface area contributed by atoms with Gasteiger partial charge >= 0.3 is 0 Å². The van der Waals surface area contributed by atoms with Gasteiger partial charge in [-0.15, -0.1) is 11.3 Å². The number of hydrogen-bond acceptors (Lipinski definition) is 7. The van der Waals surface area contributed by atoms with Gasteiger partial charge in [-0.05, 0) is 49.7 Å². The Bertz CT molecular complexity index is 1220. The number of primary amides is 1. The first kappa shape index (κ1) is 25.2. The molecular weight excluding hydrogens is 466 g/mol. The molecule has 0 aliphatic heterocycles. The number of nitrogens with zero attached hydrogens (tertiary/aromatic N) is 2. The van der Waals surface area contributed by atoms with E-state index in [-0.39, 0.29) is 51.2 Å². The summed E-state index contributed by atoms with van der Waals surface area (Å²) >= 11 is 0.883. The molecule has 3 rings (SSSR count). The largest absolute Gasteiger partial charge is 0.395 e. The summed E-state index contributed by atoms with van der Waals surface area (Å²) in [7, 11) is 1.52. The lowest BCUT2D eigenvalue weighted by atomic mass is 9.96. The summed E-state index contributed by atoms with van der Waals surface area (Å²) in [5.74, 6) is -2.85. The third-order valence-corrected chi connectivity index (χ3v) is 6.05. The highest BCUT2D eigenvalue weighted by Crippen LogP contribution is 2.40. The molecule has 34 heavy (non-hydrogen) atoms. The van der Waals surface area contributed by atoms with E-state index in [2.05, 4.69) is 10.3 Å². The van der Waals surface area contributed by atoms with Crippen molar-refractivity contribution < 1.29 is 28.6 Å². The van der Waals surface area contributed by atoms with Crippen LogP contribution < -0.4 is 11.1 Å². The SMILES string of the molecule is CN(CCO)C(=O)c1cccc(Nc2sc(-c3c(F)cc(C(C)(C)O)cc3F)cc2C(N)=O)n1. The number of aliphatic hydroxyl groups excluding tert-OH is 1. The fourth-order valence-electron chi connectivity index (χ4n) is 3.14. The van der Waals surface area contributed by atoms with Crippen LogP contribution in [0.1, 0.15) is 40.3 Å². The van der Waals surface area contributed by atoms with Crippen LogP contribution in [0.15, 0.2) is 36.4 Å². The maximum absolute atomic E-state index is 14.8. The zero-order chi connectivity index (χ0) is 25.2. The predicted molar refractivity (Wildman–Crippen MR) is 125 cm³/mol. The van der Waals surface area contributed by atoms with Gasteiger partial charge in [-0.3, -0.25) is 9.59 Å². The Balaban J connectivity index is 1.99. The van der Waals surface area contributed by atoms with E-state index in [1.54, 1.807) is 12.1 Å². The number of nitrogens with two attached hydrogens (primary N) is 1. The van der Waals surface area contributed by atoms with E-state index in [1.165, 1.54) is 37.9 Å². The molecular formula is C23H24F2N4O4S. The van der Waals surface area contributed by atoms with E-state index >= 15 is 0 Å². The van der Waals surface area contributed by atoms with Gasteiger partial charge in [-0.1, -0.05) is 6.07 Å². The number of aliphatic hydroxyl groups is 2. The molecule has 0 aliphatic rings. The first-order valence-electron chi connectivity index (χ1n) is 10.2. The number of thiophene rings is 1. The average Bonchev–Trinajstić information content (AvgIpc) is 3.15. The fraction of sp³-hybridized carbons (Fsp3) is 0.261. The second-order valence-electron chi connectivity index (χ2n) is 8.07. The van der Waals surface area contributed by atoms with Crippen molar-refractivity contribution in [1.29, 1.82) is 0 Å². The maximum atomic E-state index is 14.8. The van der Waals surface area contributed by atoms with Crippen LogP contribution in [0.3, 0.4) is 0 Å². The summed E-state index contributed by atoms with van der Waals surface area (Å²) in [6, 6.07) is 7.95. The third kappa shape index (κ3) is 5.38. The van der Waals surface area contributed by atoms with Crippen LogP contribution in [0.25, 0.3) is 10.4 Å². The Morgan fingerprint density at radius 1 is 1.21 bits per heavy atom. The second kappa shape index (κ2) is 9.84. The Hall–Kier alpha value is -3.41. The first-order valence-corrected chi connectivity index (χ1v) is 11.0. The van der Waals surface area contributed by atoms with Gasteiger partial charge in [0.05, 0.1) is 23.3 Å². The molecule has 180 valence electrons. The van der Waals surface area contributed by atoms with Crippen molar-refractivity contribution >= 4 is 34.0 Å². The van der Waals surface area contributed by atoms with Gasteiger partial charge < -0.3 is 26.2 Å². The van der Waals surface area contributed by atoms with Gasteiger partial charge in [0.2, 0.25) is 0 Å². The van der Waals surface area contributed by atoms with E-state index in [1.807, 2.05) is 0 Å². The molecule has 0 saturated heterocycles. The maximum Gasteiger partial charge on any atom is 0.272 e. The molecule has 0 fully saturated rings. The minimum absolute atomic E-state index is 0.0127. The Morgan fingerprint density at radius 2 is 1.85 bits per heavy atom. The van der Waals surface area contributed by atoms with Crippen molar-refractivity contribution in [2.24, 2.45) is 5.73 Å². The van der Waals surface area contributed by atoms with Gasteiger partial charge in [-0.2, -0.15) is 0 Å². The number of aromatic nitrogens is 1. The number of anilines is 2. The van der Waals surface area contributed by atoms with Crippen LogP contribution in [0.4, 0.5) is 19.6 Å². The molecule has 2 heterocycles. The zero-order valence-electron chi connectivity index (χ0n) is 18.7. The van der Waals surface area contributed by atoms with Crippen molar-refractivity contribution in [1.82, 2.24) is 9.88 Å². The fourth-order valence-corrected chi connectivity index (χ4v) is 4.26. The highest BCUT2D eigenvalue weighted by atomic mass is 32.1. The van der Waals surface area contributed by atoms with E-state index in [9.17, 15) is 23.5 Å². The molecule has 0 saturated carbocycles. The monoisotopic (exact) mass is 490 g/mol. The van der Waals surface area contributed by atoms with Gasteiger partial charge in [0, 0.05) is 18.5 Å². The normalized spacial score (nSPS) is 11.4. The second-order valence-corrected chi connectivity index (χ2v) is 9.13. The van der Waals surface area contributed by atoms with Crippen molar-refractivity contribution in [3.05, 3.63) is 64.9 Å². The van der Waals surface area contributed by atoms with Crippen molar-refractivity contribution in [2.75, 3.05) is 25.5 Å². The lowest BCUT2D eigenvalue weighted by molar-refractivity contribution is 0.0759. The molecule has 2 aromatic heterocycles. The van der Waals surface area contributed by atoms with Gasteiger partial charge in [0.25, 0.3) is 11.8 Å².